The van der Waals surface area contributed by atoms with Gasteiger partial charge in [0.2, 0.25) is 0 Å². The summed E-state index contributed by atoms with van der Waals surface area (Å²) in [6.45, 7) is 8.19. The maximum atomic E-state index is 12.8. The van der Waals surface area contributed by atoms with E-state index in [0.717, 1.165) is 44.6 Å². The van der Waals surface area contributed by atoms with Crippen molar-refractivity contribution in [3.63, 3.8) is 0 Å². The standard InChI is InChI=1S/C23H32N2OS/c1-18-8-9-22-21(19(18)2)10-15-25(23(22)26)14-6-13-24(3)12-5-4-7-20-11-16-27-17-20/h8-9,11,16-17H,4-7,10,12-15H2,1-3H3. The van der Waals surface area contributed by atoms with Gasteiger partial charge in [0, 0.05) is 18.7 Å². The number of aryl methyl sites for hydroxylation is 2. The summed E-state index contributed by atoms with van der Waals surface area (Å²) >= 11 is 1.78. The topological polar surface area (TPSA) is 23.6 Å². The Morgan fingerprint density at radius 3 is 2.70 bits per heavy atom. The largest absolute Gasteiger partial charge is 0.338 e. The smallest absolute Gasteiger partial charge is 0.254 e. The minimum absolute atomic E-state index is 0.220. The Labute approximate surface area is 168 Å². The summed E-state index contributed by atoms with van der Waals surface area (Å²) in [6.07, 6.45) is 5.72. The molecule has 0 aliphatic carbocycles. The van der Waals surface area contributed by atoms with Gasteiger partial charge in [-0.15, -0.1) is 0 Å². The van der Waals surface area contributed by atoms with Crippen molar-refractivity contribution in [2.45, 2.75) is 46.0 Å². The number of amides is 1. The molecule has 0 fully saturated rings. The fraction of sp³-hybridized carbons (Fsp3) is 0.522. The number of thiophene rings is 1. The summed E-state index contributed by atoms with van der Waals surface area (Å²) in [7, 11) is 2.20. The number of rotatable bonds is 9. The highest BCUT2D eigenvalue weighted by atomic mass is 32.1. The minimum Gasteiger partial charge on any atom is -0.338 e. The Morgan fingerprint density at radius 2 is 1.93 bits per heavy atom. The van der Waals surface area contributed by atoms with E-state index in [1.807, 2.05) is 11.0 Å². The quantitative estimate of drug-likeness (QED) is 0.585. The molecule has 27 heavy (non-hydrogen) atoms. The Kier molecular flexibility index (Phi) is 7.08. The predicted octanol–water partition coefficient (Wildman–Crippen LogP) is 4.71. The van der Waals surface area contributed by atoms with E-state index >= 15 is 0 Å². The average Bonchev–Trinajstić information content (AvgIpc) is 3.17. The molecule has 3 nitrogen and oxygen atoms in total. The van der Waals surface area contributed by atoms with Crippen LogP contribution in [0.15, 0.2) is 29.0 Å². The molecule has 1 aromatic heterocycles. The second-order valence-corrected chi connectivity index (χ2v) is 8.60. The van der Waals surface area contributed by atoms with Gasteiger partial charge in [0.25, 0.3) is 5.91 Å². The van der Waals surface area contributed by atoms with E-state index in [0.29, 0.717) is 0 Å². The summed E-state index contributed by atoms with van der Waals surface area (Å²) in [4.78, 5) is 17.2. The molecule has 1 amide bonds. The minimum atomic E-state index is 0.220. The third-order valence-electron chi connectivity index (χ3n) is 5.82. The van der Waals surface area contributed by atoms with Crippen LogP contribution in [0.1, 0.15) is 51.9 Å². The van der Waals surface area contributed by atoms with E-state index in [1.54, 1.807) is 11.3 Å². The molecule has 0 spiro atoms. The van der Waals surface area contributed by atoms with Crippen LogP contribution in [0.4, 0.5) is 0 Å². The maximum absolute atomic E-state index is 12.8. The van der Waals surface area contributed by atoms with E-state index < -0.39 is 0 Å². The first-order valence-corrected chi connectivity index (χ1v) is 11.1. The Morgan fingerprint density at radius 1 is 1.11 bits per heavy atom. The molecule has 0 unspecified atom stereocenters. The lowest BCUT2D eigenvalue weighted by molar-refractivity contribution is 0.0733. The molecule has 0 bridgehead atoms. The van der Waals surface area contributed by atoms with Crippen LogP contribution < -0.4 is 0 Å². The SMILES string of the molecule is Cc1ccc2c(c1C)CCN(CCCN(C)CCCCc1ccsc1)C2=O. The molecule has 0 saturated heterocycles. The van der Waals surface area contributed by atoms with Crippen molar-refractivity contribution >= 4 is 17.2 Å². The first-order valence-electron chi connectivity index (χ1n) is 10.1. The van der Waals surface area contributed by atoms with Gasteiger partial charge in [-0.2, -0.15) is 11.3 Å². The summed E-state index contributed by atoms with van der Waals surface area (Å²) in [5.74, 6) is 0.220. The van der Waals surface area contributed by atoms with Crippen molar-refractivity contribution in [1.82, 2.24) is 9.80 Å². The van der Waals surface area contributed by atoms with E-state index in [9.17, 15) is 4.79 Å². The third-order valence-corrected chi connectivity index (χ3v) is 6.55. The number of carbonyl (C=O) groups is 1. The zero-order valence-corrected chi connectivity index (χ0v) is 17.8. The van der Waals surface area contributed by atoms with Crippen LogP contribution in [0.25, 0.3) is 0 Å². The molecular formula is C23H32N2OS. The van der Waals surface area contributed by atoms with Crippen molar-refractivity contribution in [3.05, 3.63) is 56.8 Å². The maximum Gasteiger partial charge on any atom is 0.254 e. The lowest BCUT2D eigenvalue weighted by Gasteiger charge is -2.30. The van der Waals surface area contributed by atoms with Gasteiger partial charge in [-0.05, 0) is 111 Å². The molecule has 0 N–H and O–H groups in total. The highest BCUT2D eigenvalue weighted by Gasteiger charge is 2.25. The Hall–Kier alpha value is -1.65. The van der Waals surface area contributed by atoms with Gasteiger partial charge in [0.15, 0.2) is 0 Å². The van der Waals surface area contributed by atoms with E-state index in [4.69, 9.17) is 0 Å². The molecule has 0 radical (unpaired) electrons. The normalized spacial score (nSPS) is 14.1. The van der Waals surface area contributed by atoms with Gasteiger partial charge in [-0.3, -0.25) is 4.79 Å². The second kappa shape index (κ2) is 9.52. The van der Waals surface area contributed by atoms with Crippen molar-refractivity contribution in [2.75, 3.05) is 33.2 Å². The van der Waals surface area contributed by atoms with Crippen molar-refractivity contribution in [1.29, 1.82) is 0 Å². The van der Waals surface area contributed by atoms with Crippen LogP contribution >= 0.6 is 11.3 Å². The van der Waals surface area contributed by atoms with Crippen LogP contribution in [-0.2, 0) is 12.8 Å². The third kappa shape index (κ3) is 5.20. The van der Waals surface area contributed by atoms with Crippen molar-refractivity contribution in [2.24, 2.45) is 0 Å². The summed E-state index contributed by atoms with van der Waals surface area (Å²) in [6, 6.07) is 6.33. The fourth-order valence-electron chi connectivity index (χ4n) is 3.92. The molecule has 146 valence electrons. The number of hydrogen-bond acceptors (Lipinski definition) is 3. The van der Waals surface area contributed by atoms with Crippen LogP contribution in [0, 0.1) is 13.8 Å². The predicted molar refractivity (Wildman–Crippen MR) is 115 cm³/mol. The highest BCUT2D eigenvalue weighted by Crippen LogP contribution is 2.24. The lowest BCUT2D eigenvalue weighted by atomic mass is 9.91. The van der Waals surface area contributed by atoms with Gasteiger partial charge in [-0.1, -0.05) is 6.07 Å². The lowest BCUT2D eigenvalue weighted by Crippen LogP contribution is -2.39. The number of hydrogen-bond donors (Lipinski definition) is 0. The summed E-state index contributed by atoms with van der Waals surface area (Å²) < 4.78 is 0. The molecule has 4 heteroatoms. The summed E-state index contributed by atoms with van der Waals surface area (Å²) in [5.41, 5.74) is 6.24. The zero-order chi connectivity index (χ0) is 19.2. The molecular weight excluding hydrogens is 352 g/mol. The van der Waals surface area contributed by atoms with Gasteiger partial charge in [0.05, 0.1) is 0 Å². The Bertz CT molecular complexity index is 754. The fourth-order valence-corrected chi connectivity index (χ4v) is 4.62. The van der Waals surface area contributed by atoms with Crippen LogP contribution in [-0.4, -0.2) is 48.9 Å². The number of unbranched alkanes of at least 4 members (excludes halogenated alkanes) is 1. The monoisotopic (exact) mass is 384 g/mol. The van der Waals surface area contributed by atoms with Crippen LogP contribution in [0.5, 0.6) is 0 Å². The molecule has 0 atom stereocenters. The molecule has 0 saturated carbocycles. The van der Waals surface area contributed by atoms with Gasteiger partial charge >= 0.3 is 0 Å². The molecule has 3 rings (SSSR count). The Balaban J connectivity index is 1.37. The van der Waals surface area contributed by atoms with Crippen molar-refractivity contribution in [3.8, 4) is 0 Å². The first kappa shape index (κ1) is 20.1. The average molecular weight is 385 g/mol. The summed E-state index contributed by atoms with van der Waals surface area (Å²) in [5, 5.41) is 4.41. The number of carbonyl (C=O) groups excluding carboxylic acids is 1. The van der Waals surface area contributed by atoms with Crippen molar-refractivity contribution < 1.29 is 4.79 Å². The highest BCUT2D eigenvalue weighted by molar-refractivity contribution is 7.07. The number of nitrogens with zero attached hydrogens (tertiary/aromatic N) is 2. The van der Waals surface area contributed by atoms with E-state index in [1.165, 1.54) is 41.5 Å². The first-order chi connectivity index (χ1) is 13.1. The van der Waals surface area contributed by atoms with Crippen LogP contribution in [0.2, 0.25) is 0 Å². The molecule has 2 aromatic rings. The van der Waals surface area contributed by atoms with Gasteiger partial charge in [0.1, 0.15) is 0 Å². The van der Waals surface area contributed by atoms with Gasteiger partial charge < -0.3 is 9.80 Å². The molecule has 1 aliphatic rings. The van der Waals surface area contributed by atoms with Gasteiger partial charge in [-0.25, -0.2) is 0 Å². The van der Waals surface area contributed by atoms with E-state index in [-0.39, 0.29) is 5.91 Å². The molecule has 2 heterocycles. The van der Waals surface area contributed by atoms with Crippen LogP contribution in [0.3, 0.4) is 0 Å². The number of fused-ring (bicyclic) bond motifs is 1. The zero-order valence-electron chi connectivity index (χ0n) is 17.0. The molecule has 1 aliphatic heterocycles. The number of benzene rings is 1. The molecule has 1 aromatic carbocycles. The second-order valence-electron chi connectivity index (χ2n) is 7.82. The van der Waals surface area contributed by atoms with E-state index in [2.05, 4.69) is 48.7 Å².